The summed E-state index contributed by atoms with van der Waals surface area (Å²) in [6, 6.07) is 2.16. The fourth-order valence-corrected chi connectivity index (χ4v) is 1.47. The van der Waals surface area contributed by atoms with Gasteiger partial charge in [-0.25, -0.2) is 13.8 Å². The maximum atomic E-state index is 12.9. The third-order valence-electron chi connectivity index (χ3n) is 2.14. The van der Waals surface area contributed by atoms with Crippen LogP contribution in [0.3, 0.4) is 0 Å². The van der Waals surface area contributed by atoms with Gasteiger partial charge in [0.15, 0.2) is 11.6 Å². The number of aryl methyl sites for hydroxylation is 1. The first-order chi connectivity index (χ1) is 6.63. The van der Waals surface area contributed by atoms with E-state index in [0.29, 0.717) is 17.6 Å². The molecule has 1 heterocycles. The number of fused-ring (bicyclic) bond motifs is 1. The highest BCUT2D eigenvalue weighted by molar-refractivity contribution is 5.78. The minimum atomic E-state index is -0.904. The number of nitrogen functional groups attached to an aromatic ring is 1. The lowest BCUT2D eigenvalue weighted by Gasteiger charge is -2.00. The van der Waals surface area contributed by atoms with Gasteiger partial charge in [0.05, 0.1) is 11.0 Å². The van der Waals surface area contributed by atoms with Crippen molar-refractivity contribution in [2.75, 3.05) is 5.73 Å². The molecule has 0 amide bonds. The third-order valence-corrected chi connectivity index (χ3v) is 2.14. The van der Waals surface area contributed by atoms with E-state index >= 15 is 0 Å². The molecule has 14 heavy (non-hydrogen) atoms. The number of rotatable bonds is 1. The molecule has 0 unspecified atom stereocenters. The second-order valence-electron chi connectivity index (χ2n) is 2.97. The van der Waals surface area contributed by atoms with Crippen molar-refractivity contribution < 1.29 is 8.78 Å². The van der Waals surface area contributed by atoms with E-state index in [4.69, 9.17) is 5.73 Å². The Morgan fingerprint density at radius 2 is 2.00 bits per heavy atom. The summed E-state index contributed by atoms with van der Waals surface area (Å²) < 4.78 is 27.4. The quantitative estimate of drug-likeness (QED) is 0.758. The van der Waals surface area contributed by atoms with Crippen LogP contribution in [-0.4, -0.2) is 9.55 Å². The number of imidazole rings is 1. The van der Waals surface area contributed by atoms with Crippen LogP contribution in [0.5, 0.6) is 0 Å². The number of halogens is 2. The minimum Gasteiger partial charge on any atom is -0.369 e. The Morgan fingerprint density at radius 1 is 1.36 bits per heavy atom. The first kappa shape index (κ1) is 8.93. The minimum absolute atomic E-state index is 0.271. The molecule has 2 N–H and O–H groups in total. The smallest absolute Gasteiger partial charge is 0.201 e. The summed E-state index contributed by atoms with van der Waals surface area (Å²) in [5.41, 5.74) is 6.47. The summed E-state index contributed by atoms with van der Waals surface area (Å²) in [4.78, 5) is 3.92. The predicted molar refractivity (Wildman–Crippen MR) is 49.7 cm³/mol. The Morgan fingerprint density at radius 3 is 2.64 bits per heavy atom. The van der Waals surface area contributed by atoms with Gasteiger partial charge in [0.25, 0.3) is 0 Å². The van der Waals surface area contributed by atoms with Crippen LogP contribution in [0.15, 0.2) is 12.1 Å². The van der Waals surface area contributed by atoms with Crippen molar-refractivity contribution in [3.05, 3.63) is 23.8 Å². The molecule has 0 bridgehead atoms. The van der Waals surface area contributed by atoms with Crippen LogP contribution in [0.4, 0.5) is 14.7 Å². The van der Waals surface area contributed by atoms with Gasteiger partial charge in [-0.15, -0.1) is 0 Å². The highest BCUT2D eigenvalue weighted by Crippen LogP contribution is 2.20. The van der Waals surface area contributed by atoms with Crippen molar-refractivity contribution in [3.8, 4) is 0 Å². The van der Waals surface area contributed by atoms with Gasteiger partial charge in [0.1, 0.15) is 0 Å². The number of hydrogen-bond acceptors (Lipinski definition) is 2. The van der Waals surface area contributed by atoms with Crippen LogP contribution in [0.2, 0.25) is 0 Å². The van der Waals surface area contributed by atoms with Gasteiger partial charge in [-0.3, -0.25) is 0 Å². The molecule has 2 rings (SSSR count). The number of nitrogens with zero attached hydrogens (tertiary/aromatic N) is 2. The lowest BCUT2D eigenvalue weighted by molar-refractivity contribution is 0.510. The number of anilines is 1. The van der Waals surface area contributed by atoms with Crippen LogP contribution in [-0.2, 0) is 6.54 Å². The van der Waals surface area contributed by atoms with Crippen LogP contribution < -0.4 is 5.73 Å². The molecule has 1 aromatic carbocycles. The molecule has 2 aromatic rings. The van der Waals surface area contributed by atoms with Gasteiger partial charge < -0.3 is 10.3 Å². The standard InChI is InChI=1S/C9H9F2N3/c1-2-14-8-4-6(11)5(10)3-7(8)13-9(14)12/h3-4H,2H2,1H3,(H2,12,13). The Kier molecular flexibility index (Phi) is 1.87. The van der Waals surface area contributed by atoms with Gasteiger partial charge >= 0.3 is 0 Å². The summed E-state index contributed by atoms with van der Waals surface area (Å²) in [6.45, 7) is 2.44. The molecule has 0 radical (unpaired) electrons. The Labute approximate surface area is 79.2 Å². The normalized spacial score (nSPS) is 11.1. The molecule has 3 nitrogen and oxygen atoms in total. The molecule has 5 heteroatoms. The van der Waals surface area contributed by atoms with Crippen molar-refractivity contribution in [1.29, 1.82) is 0 Å². The molecule has 0 spiro atoms. The predicted octanol–water partition coefficient (Wildman–Crippen LogP) is 1.92. The van der Waals surface area contributed by atoms with E-state index in [9.17, 15) is 8.78 Å². The molecule has 0 saturated heterocycles. The van der Waals surface area contributed by atoms with E-state index in [-0.39, 0.29) is 5.95 Å². The van der Waals surface area contributed by atoms with E-state index in [1.54, 1.807) is 4.57 Å². The molecular weight excluding hydrogens is 188 g/mol. The fourth-order valence-electron chi connectivity index (χ4n) is 1.47. The second kappa shape index (κ2) is 2.94. The average molecular weight is 197 g/mol. The van der Waals surface area contributed by atoms with Gasteiger partial charge in [0.2, 0.25) is 5.95 Å². The molecule has 0 atom stereocenters. The van der Waals surface area contributed by atoms with Crippen molar-refractivity contribution in [2.45, 2.75) is 13.5 Å². The lowest BCUT2D eigenvalue weighted by Crippen LogP contribution is -2.00. The summed E-state index contributed by atoms with van der Waals surface area (Å²) in [7, 11) is 0. The van der Waals surface area contributed by atoms with Crippen LogP contribution >= 0.6 is 0 Å². The van der Waals surface area contributed by atoms with Crippen molar-refractivity contribution in [3.63, 3.8) is 0 Å². The maximum absolute atomic E-state index is 12.9. The highest BCUT2D eigenvalue weighted by atomic mass is 19.2. The largest absolute Gasteiger partial charge is 0.369 e. The first-order valence-electron chi connectivity index (χ1n) is 4.24. The monoisotopic (exact) mass is 197 g/mol. The zero-order valence-electron chi connectivity index (χ0n) is 7.59. The van der Waals surface area contributed by atoms with Gasteiger partial charge in [-0.1, -0.05) is 0 Å². The molecule has 0 aliphatic heterocycles. The number of nitrogens with two attached hydrogens (primary N) is 1. The second-order valence-corrected chi connectivity index (χ2v) is 2.97. The Hall–Kier alpha value is -1.65. The van der Waals surface area contributed by atoms with E-state index < -0.39 is 11.6 Å². The van der Waals surface area contributed by atoms with E-state index in [1.807, 2.05) is 6.92 Å². The zero-order valence-corrected chi connectivity index (χ0v) is 7.59. The van der Waals surface area contributed by atoms with Gasteiger partial charge in [-0.05, 0) is 6.92 Å². The van der Waals surface area contributed by atoms with Crippen molar-refractivity contribution >= 4 is 17.0 Å². The third kappa shape index (κ3) is 1.13. The lowest BCUT2D eigenvalue weighted by atomic mass is 10.3. The first-order valence-corrected chi connectivity index (χ1v) is 4.24. The van der Waals surface area contributed by atoms with Crippen molar-refractivity contribution in [1.82, 2.24) is 9.55 Å². The number of hydrogen-bond donors (Lipinski definition) is 1. The fraction of sp³-hybridized carbons (Fsp3) is 0.222. The number of aromatic nitrogens is 2. The van der Waals surface area contributed by atoms with Crippen LogP contribution in [0, 0.1) is 11.6 Å². The van der Waals surface area contributed by atoms with E-state index in [0.717, 1.165) is 12.1 Å². The molecule has 1 aromatic heterocycles. The van der Waals surface area contributed by atoms with Gasteiger partial charge in [0, 0.05) is 18.7 Å². The molecule has 0 fully saturated rings. The zero-order chi connectivity index (χ0) is 10.3. The molecule has 0 saturated carbocycles. The summed E-state index contributed by atoms with van der Waals surface area (Å²) in [5, 5.41) is 0. The maximum Gasteiger partial charge on any atom is 0.201 e. The average Bonchev–Trinajstić information content (AvgIpc) is 2.42. The van der Waals surface area contributed by atoms with Crippen LogP contribution in [0.25, 0.3) is 11.0 Å². The summed E-state index contributed by atoms with van der Waals surface area (Å²) in [5.74, 6) is -1.52. The summed E-state index contributed by atoms with van der Waals surface area (Å²) in [6.07, 6.45) is 0. The van der Waals surface area contributed by atoms with Crippen molar-refractivity contribution in [2.24, 2.45) is 0 Å². The van der Waals surface area contributed by atoms with E-state index in [1.165, 1.54) is 0 Å². The molecular formula is C9H9F2N3. The SMILES string of the molecule is CCn1c(N)nc2cc(F)c(F)cc21. The van der Waals surface area contributed by atoms with Crippen LogP contribution in [0.1, 0.15) is 6.92 Å². The Balaban J connectivity index is 2.82. The molecule has 0 aliphatic carbocycles. The molecule has 74 valence electrons. The molecule has 0 aliphatic rings. The summed E-state index contributed by atoms with van der Waals surface area (Å²) >= 11 is 0. The van der Waals surface area contributed by atoms with Gasteiger partial charge in [-0.2, -0.15) is 0 Å². The number of benzene rings is 1. The Bertz CT molecular complexity index is 490. The topological polar surface area (TPSA) is 43.8 Å². The van der Waals surface area contributed by atoms with E-state index in [2.05, 4.69) is 4.98 Å². The highest BCUT2D eigenvalue weighted by Gasteiger charge is 2.10.